The van der Waals surface area contributed by atoms with Crippen molar-refractivity contribution in [2.45, 2.75) is 19.0 Å². The zero-order valence-corrected chi connectivity index (χ0v) is 9.94. The van der Waals surface area contributed by atoms with Crippen LogP contribution in [0.25, 0.3) is 0 Å². The van der Waals surface area contributed by atoms with Crippen LogP contribution in [0.1, 0.15) is 12.5 Å². The zero-order valence-electron chi connectivity index (χ0n) is 9.18. The summed E-state index contributed by atoms with van der Waals surface area (Å²) < 4.78 is 45.9. The van der Waals surface area contributed by atoms with Crippen LogP contribution >= 0.6 is 11.6 Å². The molecule has 1 aromatic carbocycles. The van der Waals surface area contributed by atoms with Crippen LogP contribution in [0.15, 0.2) is 18.2 Å². The van der Waals surface area contributed by atoms with Gasteiger partial charge in [0.2, 0.25) is 0 Å². The monoisotopic (exact) mass is 268 g/mol. The molecule has 2 nitrogen and oxygen atoms in total. The number of rotatable bonds is 5. The molecule has 0 aromatic heterocycles. The van der Waals surface area contributed by atoms with Crippen molar-refractivity contribution in [1.82, 2.24) is 0 Å². The lowest BCUT2D eigenvalue weighted by molar-refractivity contribution is -0.153. The molecule has 96 valence electrons. The highest BCUT2D eigenvalue weighted by Gasteiger charge is 2.29. The van der Waals surface area contributed by atoms with Crippen molar-refractivity contribution in [2.75, 3.05) is 13.2 Å². The first-order chi connectivity index (χ1) is 7.96. The minimum absolute atomic E-state index is 0.0676. The molecule has 0 unspecified atom stereocenters. The van der Waals surface area contributed by atoms with E-state index in [2.05, 4.69) is 4.74 Å². The molecule has 1 aromatic rings. The molecule has 0 saturated carbocycles. The van der Waals surface area contributed by atoms with Crippen LogP contribution in [0.2, 0.25) is 0 Å². The molecule has 0 heterocycles. The molecule has 0 saturated heterocycles. The summed E-state index contributed by atoms with van der Waals surface area (Å²) in [7, 11) is 0. The smallest absolute Gasteiger partial charge is 0.422 e. The lowest BCUT2D eigenvalue weighted by Gasteiger charge is -2.14. The molecular formula is C11H12ClF3O2. The quantitative estimate of drug-likeness (QED) is 0.757. The maximum absolute atomic E-state index is 12.0. The molecular weight excluding hydrogens is 257 g/mol. The lowest BCUT2D eigenvalue weighted by Crippen LogP contribution is -2.19. The summed E-state index contributed by atoms with van der Waals surface area (Å²) in [4.78, 5) is 0. The molecule has 17 heavy (non-hydrogen) atoms. The van der Waals surface area contributed by atoms with Crippen LogP contribution in [-0.2, 0) is 5.88 Å². The van der Waals surface area contributed by atoms with E-state index >= 15 is 0 Å². The van der Waals surface area contributed by atoms with E-state index in [0.717, 1.165) is 5.56 Å². The maximum Gasteiger partial charge on any atom is 0.422 e. The summed E-state index contributed by atoms with van der Waals surface area (Å²) in [5, 5.41) is 0. The Balaban J connectivity index is 2.82. The second-order valence-electron chi connectivity index (χ2n) is 3.25. The third-order valence-electron chi connectivity index (χ3n) is 1.85. The van der Waals surface area contributed by atoms with E-state index in [1.165, 1.54) is 6.07 Å². The van der Waals surface area contributed by atoms with Crippen LogP contribution in [0.5, 0.6) is 11.5 Å². The van der Waals surface area contributed by atoms with Crippen LogP contribution in [-0.4, -0.2) is 19.4 Å². The topological polar surface area (TPSA) is 18.5 Å². The van der Waals surface area contributed by atoms with Gasteiger partial charge in [0.1, 0.15) is 0 Å². The fourth-order valence-electron chi connectivity index (χ4n) is 1.18. The summed E-state index contributed by atoms with van der Waals surface area (Å²) in [6.45, 7) is 0.738. The second kappa shape index (κ2) is 6.00. The van der Waals surface area contributed by atoms with Crippen molar-refractivity contribution in [1.29, 1.82) is 0 Å². The first-order valence-corrected chi connectivity index (χ1v) is 5.51. The van der Waals surface area contributed by atoms with E-state index in [1.807, 2.05) is 0 Å². The van der Waals surface area contributed by atoms with Gasteiger partial charge in [0.05, 0.1) is 6.61 Å². The van der Waals surface area contributed by atoms with Crippen molar-refractivity contribution in [2.24, 2.45) is 0 Å². The average Bonchev–Trinajstić information content (AvgIpc) is 2.26. The van der Waals surface area contributed by atoms with Crippen LogP contribution in [0.3, 0.4) is 0 Å². The Morgan fingerprint density at radius 1 is 1.18 bits per heavy atom. The van der Waals surface area contributed by atoms with Crippen molar-refractivity contribution < 1.29 is 22.6 Å². The summed E-state index contributed by atoms with van der Waals surface area (Å²) >= 11 is 5.62. The van der Waals surface area contributed by atoms with E-state index in [-0.39, 0.29) is 17.4 Å². The molecule has 0 aliphatic heterocycles. The Kier molecular flexibility index (Phi) is 4.93. The van der Waals surface area contributed by atoms with Crippen molar-refractivity contribution in [3.05, 3.63) is 23.8 Å². The molecule has 0 aliphatic rings. The Hall–Kier alpha value is -1.10. The molecule has 0 amide bonds. The van der Waals surface area contributed by atoms with Gasteiger partial charge in [-0.15, -0.1) is 11.6 Å². The summed E-state index contributed by atoms with van der Waals surface area (Å²) in [5.41, 5.74) is 0.759. The predicted molar refractivity (Wildman–Crippen MR) is 58.7 cm³/mol. The van der Waals surface area contributed by atoms with Crippen molar-refractivity contribution in [3.63, 3.8) is 0 Å². The van der Waals surface area contributed by atoms with Gasteiger partial charge in [-0.1, -0.05) is 6.07 Å². The molecule has 0 aliphatic carbocycles. The highest BCUT2D eigenvalue weighted by Crippen LogP contribution is 2.30. The molecule has 0 bridgehead atoms. The third kappa shape index (κ3) is 4.73. The van der Waals surface area contributed by atoms with Gasteiger partial charge in [-0.3, -0.25) is 0 Å². The Morgan fingerprint density at radius 3 is 2.41 bits per heavy atom. The van der Waals surface area contributed by atoms with Crippen molar-refractivity contribution >= 4 is 11.6 Å². The molecule has 0 atom stereocenters. The van der Waals surface area contributed by atoms with E-state index in [4.69, 9.17) is 16.3 Å². The number of benzene rings is 1. The van der Waals surface area contributed by atoms with Gasteiger partial charge in [-0.2, -0.15) is 13.2 Å². The lowest BCUT2D eigenvalue weighted by atomic mass is 10.2. The van der Waals surface area contributed by atoms with E-state index in [0.29, 0.717) is 6.61 Å². The Labute approximate surface area is 102 Å². The highest BCUT2D eigenvalue weighted by molar-refractivity contribution is 6.17. The third-order valence-corrected chi connectivity index (χ3v) is 2.16. The first kappa shape index (κ1) is 14.0. The fourth-order valence-corrected chi connectivity index (χ4v) is 1.35. The average molecular weight is 269 g/mol. The summed E-state index contributed by atoms with van der Waals surface area (Å²) in [5.74, 6) is 0.604. The van der Waals surface area contributed by atoms with Crippen molar-refractivity contribution in [3.8, 4) is 11.5 Å². The maximum atomic E-state index is 12.0. The number of halogens is 4. The Morgan fingerprint density at radius 2 is 1.88 bits per heavy atom. The van der Waals surface area contributed by atoms with Gasteiger partial charge in [-0.05, 0) is 24.6 Å². The summed E-state index contributed by atoms with van der Waals surface area (Å²) in [6.07, 6.45) is -4.37. The van der Waals surface area contributed by atoms with E-state index < -0.39 is 12.8 Å². The molecule has 0 fully saturated rings. The number of hydrogen-bond acceptors (Lipinski definition) is 2. The van der Waals surface area contributed by atoms with E-state index in [1.54, 1.807) is 19.1 Å². The van der Waals surface area contributed by atoms with Gasteiger partial charge in [-0.25, -0.2) is 0 Å². The van der Waals surface area contributed by atoms with Crippen LogP contribution < -0.4 is 9.47 Å². The second-order valence-corrected chi connectivity index (χ2v) is 3.52. The van der Waals surface area contributed by atoms with Gasteiger partial charge in [0.25, 0.3) is 0 Å². The fraction of sp³-hybridized carbons (Fsp3) is 0.455. The van der Waals surface area contributed by atoms with Crippen LogP contribution in [0.4, 0.5) is 13.2 Å². The van der Waals surface area contributed by atoms with Gasteiger partial charge in [0.15, 0.2) is 18.1 Å². The SMILES string of the molecule is CCOc1cc(CCl)ccc1OCC(F)(F)F. The number of alkyl halides is 4. The standard InChI is InChI=1S/C11H12ClF3O2/c1-2-16-10-5-8(6-12)3-4-9(10)17-7-11(13,14)15/h3-5H,2,6-7H2,1H3. The minimum Gasteiger partial charge on any atom is -0.490 e. The van der Waals surface area contributed by atoms with Gasteiger partial charge in [0, 0.05) is 5.88 Å². The zero-order chi connectivity index (χ0) is 12.9. The van der Waals surface area contributed by atoms with Gasteiger partial charge < -0.3 is 9.47 Å². The molecule has 0 N–H and O–H groups in total. The largest absolute Gasteiger partial charge is 0.490 e. The Bertz CT molecular complexity index is 366. The highest BCUT2D eigenvalue weighted by atomic mass is 35.5. The van der Waals surface area contributed by atoms with Gasteiger partial charge >= 0.3 is 6.18 Å². The first-order valence-electron chi connectivity index (χ1n) is 4.97. The molecule has 6 heteroatoms. The normalized spacial score (nSPS) is 11.4. The van der Waals surface area contributed by atoms with Crippen LogP contribution in [0, 0.1) is 0 Å². The summed E-state index contributed by atoms with van der Waals surface area (Å²) in [6, 6.07) is 4.60. The molecule has 0 radical (unpaired) electrons. The minimum atomic E-state index is -4.37. The predicted octanol–water partition coefficient (Wildman–Crippen LogP) is 3.77. The van der Waals surface area contributed by atoms with E-state index in [9.17, 15) is 13.2 Å². The number of hydrogen-bond donors (Lipinski definition) is 0. The molecule has 1 rings (SSSR count). The molecule has 0 spiro atoms. The number of ether oxygens (including phenoxy) is 2.